The molecule has 35 heavy (non-hydrogen) atoms. The fourth-order valence-corrected chi connectivity index (χ4v) is 3.68. The number of benzene rings is 1. The molecule has 1 fully saturated rings. The number of nitrogens with zero attached hydrogens (tertiary/aromatic N) is 3. The number of carbonyl (C=O) groups excluding carboxylic acids is 2. The summed E-state index contributed by atoms with van der Waals surface area (Å²) in [6.07, 6.45) is -0.863. The maximum absolute atomic E-state index is 13.2. The Morgan fingerprint density at radius 1 is 1.09 bits per heavy atom. The van der Waals surface area contributed by atoms with Crippen molar-refractivity contribution < 1.29 is 37.7 Å². The number of carbonyl (C=O) groups is 2. The Morgan fingerprint density at radius 2 is 1.74 bits per heavy atom. The van der Waals surface area contributed by atoms with E-state index in [1.165, 1.54) is 43.5 Å². The van der Waals surface area contributed by atoms with Gasteiger partial charge in [0, 0.05) is 44.4 Å². The Balaban J connectivity index is 1.37. The number of hydrogen-bond acceptors (Lipinski definition) is 7. The first-order chi connectivity index (χ1) is 16.4. The topological polar surface area (TPSA) is 101 Å². The van der Waals surface area contributed by atoms with Crippen LogP contribution in [0.3, 0.4) is 0 Å². The van der Waals surface area contributed by atoms with Crippen molar-refractivity contribution in [3.8, 4) is 17.2 Å². The predicted octanol–water partition coefficient (Wildman–Crippen LogP) is 2.64. The van der Waals surface area contributed by atoms with Gasteiger partial charge in [-0.15, -0.1) is 8.78 Å². The van der Waals surface area contributed by atoms with Crippen LogP contribution in [0.15, 0.2) is 36.4 Å². The molecule has 3 heterocycles. The number of aromatic nitrogens is 1. The third-order valence-electron chi connectivity index (χ3n) is 5.60. The molecule has 1 aromatic heterocycles. The monoisotopic (exact) mass is 489 g/mol. The number of piperazine rings is 1. The fraction of sp³-hybridized carbons (Fsp3) is 0.375. The van der Waals surface area contributed by atoms with Crippen LogP contribution in [-0.2, 0) is 10.4 Å². The number of fused-ring (bicyclic) bond motifs is 1. The van der Waals surface area contributed by atoms with Gasteiger partial charge in [-0.3, -0.25) is 9.59 Å². The van der Waals surface area contributed by atoms with Crippen LogP contribution >= 0.6 is 0 Å². The zero-order valence-electron chi connectivity index (χ0n) is 19.5. The summed E-state index contributed by atoms with van der Waals surface area (Å²) in [5, 5.41) is 10.3. The molecule has 186 valence electrons. The first kappa shape index (κ1) is 24.4. The maximum Gasteiger partial charge on any atom is 0.586 e. The van der Waals surface area contributed by atoms with Gasteiger partial charge < -0.3 is 29.1 Å². The molecule has 0 atom stereocenters. The van der Waals surface area contributed by atoms with Gasteiger partial charge in [-0.1, -0.05) is 6.07 Å². The molecule has 2 aliphatic rings. The molecular weight excluding hydrogens is 464 g/mol. The van der Waals surface area contributed by atoms with Crippen LogP contribution in [-0.4, -0.2) is 71.3 Å². The number of halogens is 2. The molecule has 0 aliphatic carbocycles. The minimum atomic E-state index is -3.70. The summed E-state index contributed by atoms with van der Waals surface area (Å²) in [4.78, 5) is 33.1. The lowest BCUT2D eigenvalue weighted by molar-refractivity contribution is -0.286. The van der Waals surface area contributed by atoms with Gasteiger partial charge in [0.05, 0.1) is 12.8 Å². The Morgan fingerprint density at radius 3 is 2.40 bits per heavy atom. The molecule has 2 amide bonds. The molecule has 0 unspecified atom stereocenters. The smallest absolute Gasteiger partial charge is 0.497 e. The lowest BCUT2D eigenvalue weighted by atomic mass is 10.0. The van der Waals surface area contributed by atoms with E-state index in [2.05, 4.69) is 14.5 Å². The summed E-state index contributed by atoms with van der Waals surface area (Å²) < 4.78 is 40.3. The van der Waals surface area contributed by atoms with E-state index in [1.807, 2.05) is 0 Å². The number of amides is 2. The van der Waals surface area contributed by atoms with Crippen LogP contribution in [0.25, 0.3) is 6.08 Å². The molecule has 1 saturated heterocycles. The van der Waals surface area contributed by atoms with Gasteiger partial charge in [0.2, 0.25) is 5.91 Å². The SMILES string of the molecule is COc1cc(C(=O)N2CCN(C(=O)/C=C/c3ccc4c(c3)OC(F)(F)O4)CC2)nc(C(C)(C)O)c1. The summed E-state index contributed by atoms with van der Waals surface area (Å²) in [7, 11) is 1.47. The van der Waals surface area contributed by atoms with Crippen molar-refractivity contribution in [3.63, 3.8) is 0 Å². The fourth-order valence-electron chi connectivity index (χ4n) is 3.68. The second-order valence-corrected chi connectivity index (χ2v) is 8.66. The number of hydrogen-bond donors (Lipinski definition) is 1. The van der Waals surface area contributed by atoms with Crippen LogP contribution in [0, 0.1) is 0 Å². The molecule has 4 rings (SSSR count). The highest BCUT2D eigenvalue weighted by Crippen LogP contribution is 2.41. The first-order valence-corrected chi connectivity index (χ1v) is 10.9. The van der Waals surface area contributed by atoms with Crippen molar-refractivity contribution in [2.75, 3.05) is 33.3 Å². The van der Waals surface area contributed by atoms with Gasteiger partial charge in [-0.25, -0.2) is 4.98 Å². The van der Waals surface area contributed by atoms with Gasteiger partial charge in [0.1, 0.15) is 17.0 Å². The molecule has 11 heteroatoms. The van der Waals surface area contributed by atoms with Crippen LogP contribution in [0.1, 0.15) is 35.6 Å². The number of methoxy groups -OCH3 is 1. The summed E-state index contributed by atoms with van der Waals surface area (Å²) >= 11 is 0. The highest BCUT2D eigenvalue weighted by molar-refractivity contribution is 5.94. The molecule has 2 aliphatic heterocycles. The summed E-state index contributed by atoms with van der Waals surface area (Å²) in [5.74, 6) is -0.361. The highest BCUT2D eigenvalue weighted by atomic mass is 19.3. The second kappa shape index (κ2) is 9.14. The largest absolute Gasteiger partial charge is 0.586 e. The van der Waals surface area contributed by atoms with Crippen LogP contribution in [0.5, 0.6) is 17.2 Å². The van der Waals surface area contributed by atoms with Crippen molar-refractivity contribution in [1.29, 1.82) is 0 Å². The Kier molecular flexibility index (Phi) is 6.37. The Bertz CT molecular complexity index is 1170. The van der Waals surface area contributed by atoms with Crippen LogP contribution in [0.4, 0.5) is 8.78 Å². The lowest BCUT2D eigenvalue weighted by Crippen LogP contribution is -2.50. The van der Waals surface area contributed by atoms with E-state index in [9.17, 15) is 23.5 Å². The van der Waals surface area contributed by atoms with E-state index in [-0.39, 0.29) is 29.0 Å². The molecule has 0 radical (unpaired) electrons. The van der Waals surface area contributed by atoms with Gasteiger partial charge in [0.15, 0.2) is 11.5 Å². The molecule has 2 aromatic rings. The van der Waals surface area contributed by atoms with Gasteiger partial charge in [0.25, 0.3) is 5.91 Å². The minimum Gasteiger partial charge on any atom is -0.497 e. The van der Waals surface area contributed by atoms with Crippen molar-refractivity contribution in [3.05, 3.63) is 53.4 Å². The van der Waals surface area contributed by atoms with Crippen molar-refractivity contribution in [2.45, 2.75) is 25.7 Å². The first-order valence-electron chi connectivity index (χ1n) is 10.9. The number of alkyl halides is 2. The number of rotatable bonds is 5. The highest BCUT2D eigenvalue weighted by Gasteiger charge is 2.43. The zero-order chi connectivity index (χ0) is 25.4. The molecule has 1 N–H and O–H groups in total. The standard InChI is InChI=1S/C24H25F2N3O6/c1-23(2,32)20-14-16(33-3)13-17(27-20)22(31)29-10-8-28(9-11-29)21(30)7-5-15-4-6-18-19(12-15)35-24(25,26)34-18/h4-7,12-14,32H,8-11H2,1-3H3/b7-5+. The zero-order valence-corrected chi connectivity index (χ0v) is 19.5. The maximum atomic E-state index is 13.2. The number of aliphatic hydroxyl groups is 1. The van der Waals surface area contributed by atoms with E-state index in [4.69, 9.17) is 4.74 Å². The van der Waals surface area contributed by atoms with Crippen molar-refractivity contribution >= 4 is 17.9 Å². The third-order valence-corrected chi connectivity index (χ3v) is 5.60. The minimum absolute atomic E-state index is 0.0699. The summed E-state index contributed by atoms with van der Waals surface area (Å²) in [6.45, 7) is 4.36. The Labute approximate surface area is 200 Å². The van der Waals surface area contributed by atoms with Gasteiger partial charge in [-0.2, -0.15) is 0 Å². The average molecular weight is 489 g/mol. The van der Waals surface area contributed by atoms with Crippen LogP contribution in [0.2, 0.25) is 0 Å². The van der Waals surface area contributed by atoms with Crippen molar-refractivity contribution in [2.24, 2.45) is 0 Å². The van der Waals surface area contributed by atoms with Gasteiger partial charge in [-0.05, 0) is 37.6 Å². The Hall–Kier alpha value is -3.73. The van der Waals surface area contributed by atoms with Crippen molar-refractivity contribution in [1.82, 2.24) is 14.8 Å². The number of ether oxygens (including phenoxy) is 3. The molecular formula is C24H25F2N3O6. The molecule has 0 saturated carbocycles. The summed E-state index contributed by atoms with van der Waals surface area (Å²) in [6, 6.07) is 7.33. The van der Waals surface area contributed by atoms with Crippen LogP contribution < -0.4 is 14.2 Å². The number of pyridine rings is 1. The second-order valence-electron chi connectivity index (χ2n) is 8.66. The van der Waals surface area contributed by atoms with E-state index in [1.54, 1.807) is 29.7 Å². The average Bonchev–Trinajstić information content (AvgIpc) is 3.14. The van der Waals surface area contributed by atoms with E-state index in [0.29, 0.717) is 43.2 Å². The molecule has 0 spiro atoms. The van der Waals surface area contributed by atoms with Gasteiger partial charge >= 0.3 is 6.29 Å². The third kappa shape index (κ3) is 5.51. The summed E-state index contributed by atoms with van der Waals surface area (Å²) in [5.41, 5.74) is -0.292. The lowest BCUT2D eigenvalue weighted by Gasteiger charge is -2.34. The van der Waals surface area contributed by atoms with E-state index in [0.717, 1.165) is 0 Å². The van der Waals surface area contributed by atoms with E-state index < -0.39 is 11.9 Å². The normalized spacial score (nSPS) is 17.1. The van der Waals surface area contributed by atoms with E-state index >= 15 is 0 Å². The molecule has 0 bridgehead atoms. The molecule has 9 nitrogen and oxygen atoms in total. The predicted molar refractivity (Wildman–Crippen MR) is 120 cm³/mol. The quantitative estimate of drug-likeness (QED) is 0.645. The molecule has 1 aromatic carbocycles.